The molecule has 1 heterocycles. The monoisotopic (exact) mass is 428 g/mol. The van der Waals surface area contributed by atoms with Crippen molar-refractivity contribution < 1.29 is 26.4 Å². The average Bonchev–Trinajstić information content (AvgIpc) is 3.04. The normalized spacial score (nSPS) is 55.9. The van der Waals surface area contributed by atoms with Crippen LogP contribution in [0, 0.1) is 33.5 Å². The Balaban J connectivity index is 1.85. The topological polar surface area (TPSA) is 102 Å². The molecule has 2 spiro atoms. The van der Waals surface area contributed by atoms with Gasteiger partial charge >= 0.3 is 0 Å². The van der Waals surface area contributed by atoms with Crippen molar-refractivity contribution in [1.82, 2.24) is 0 Å². The number of sulfone groups is 2. The van der Waals surface area contributed by atoms with Crippen LogP contribution in [0.4, 0.5) is 0 Å². The summed E-state index contributed by atoms with van der Waals surface area (Å²) in [6, 6.07) is 0. The van der Waals surface area contributed by atoms with E-state index in [1.807, 2.05) is 0 Å². The molecule has 4 bridgehead atoms. The molecule has 0 aromatic heterocycles. The third-order valence-electron chi connectivity index (χ3n) is 10.6. The highest BCUT2D eigenvalue weighted by atomic mass is 32.3. The minimum Gasteiger partial charge on any atom is -0.296 e. The van der Waals surface area contributed by atoms with Gasteiger partial charge in [-0.3, -0.25) is 9.59 Å². The first kappa shape index (κ1) is 19.2. The van der Waals surface area contributed by atoms with Gasteiger partial charge in [-0.05, 0) is 36.5 Å². The van der Waals surface area contributed by atoms with E-state index < -0.39 is 72.9 Å². The Morgan fingerprint density at radius 2 is 0.929 bits per heavy atom. The summed E-state index contributed by atoms with van der Waals surface area (Å²) in [5.41, 5.74) is -3.49. The number of ketones is 2. The van der Waals surface area contributed by atoms with Crippen LogP contribution < -0.4 is 0 Å². The van der Waals surface area contributed by atoms with E-state index >= 15 is 0 Å². The van der Waals surface area contributed by atoms with Gasteiger partial charge in [0.25, 0.3) is 0 Å². The SMILES string of the molecule is CC1(C)[C@@H]2CC[C@@]1(C)C(=O)C21S(=O)(=O)C2(C(=O)[C@]3(C)CC[C@H]2C3(C)C)S1(=O)=O. The van der Waals surface area contributed by atoms with E-state index in [4.69, 9.17) is 0 Å². The van der Waals surface area contributed by atoms with Gasteiger partial charge in [0.15, 0.2) is 11.6 Å². The minimum absolute atomic E-state index is 0.378. The molecular formula is C20H28O6S2. The van der Waals surface area contributed by atoms with Crippen LogP contribution in [0.25, 0.3) is 0 Å². The van der Waals surface area contributed by atoms with Gasteiger partial charge in [0.05, 0.1) is 0 Å². The second-order valence-corrected chi connectivity index (χ2v) is 16.4. The van der Waals surface area contributed by atoms with Crippen molar-refractivity contribution in [3.05, 3.63) is 0 Å². The molecule has 1 aliphatic heterocycles. The predicted octanol–water partition coefficient (Wildman–Crippen LogP) is 2.27. The number of fused-ring (bicyclic) bond motifs is 6. The molecule has 0 unspecified atom stereocenters. The van der Waals surface area contributed by atoms with Gasteiger partial charge in [-0.15, -0.1) is 0 Å². The molecule has 6 nitrogen and oxygen atoms in total. The Morgan fingerprint density at radius 1 is 0.643 bits per heavy atom. The highest BCUT2D eigenvalue weighted by molar-refractivity contribution is 8.29. The molecule has 4 aliphatic carbocycles. The van der Waals surface area contributed by atoms with Crippen molar-refractivity contribution in [2.75, 3.05) is 0 Å². The third kappa shape index (κ3) is 1.16. The summed E-state index contributed by atoms with van der Waals surface area (Å²) in [6.07, 6.45) is 1.74. The Morgan fingerprint density at radius 3 is 1.14 bits per heavy atom. The largest absolute Gasteiger partial charge is 0.296 e. The molecule has 0 radical (unpaired) electrons. The van der Waals surface area contributed by atoms with Crippen LogP contribution in [0.1, 0.15) is 67.2 Å². The molecule has 1 saturated heterocycles. The number of hydrogen-bond donors (Lipinski definition) is 0. The summed E-state index contributed by atoms with van der Waals surface area (Å²) in [5, 5.41) is 0. The molecule has 4 atom stereocenters. The fraction of sp³-hybridized carbons (Fsp3) is 0.900. The van der Waals surface area contributed by atoms with Crippen LogP contribution in [0.3, 0.4) is 0 Å². The van der Waals surface area contributed by atoms with Gasteiger partial charge in [0, 0.05) is 22.7 Å². The lowest BCUT2D eigenvalue weighted by molar-refractivity contribution is -0.129. The lowest BCUT2D eigenvalue weighted by atomic mass is 9.70. The Bertz CT molecular complexity index is 988. The maximum atomic E-state index is 14.1. The average molecular weight is 429 g/mol. The van der Waals surface area contributed by atoms with E-state index in [9.17, 15) is 26.4 Å². The quantitative estimate of drug-likeness (QED) is 0.586. The Labute approximate surface area is 166 Å². The molecule has 0 aromatic rings. The zero-order valence-corrected chi connectivity index (χ0v) is 18.9. The lowest BCUT2D eigenvalue weighted by Gasteiger charge is -2.56. The molecule has 5 aliphatic rings. The van der Waals surface area contributed by atoms with Gasteiger partial charge in [0.2, 0.25) is 27.8 Å². The molecular weight excluding hydrogens is 400 g/mol. The molecule has 0 N–H and O–H groups in total. The van der Waals surface area contributed by atoms with E-state index in [1.54, 1.807) is 41.5 Å². The zero-order chi connectivity index (χ0) is 21.1. The van der Waals surface area contributed by atoms with Crippen LogP contribution in [0.2, 0.25) is 0 Å². The fourth-order valence-corrected chi connectivity index (χ4v) is 17.4. The molecule has 4 saturated carbocycles. The van der Waals surface area contributed by atoms with Gasteiger partial charge in [-0.2, -0.15) is 0 Å². The smallest absolute Gasteiger partial charge is 0.238 e. The summed E-state index contributed by atoms with van der Waals surface area (Å²) in [4.78, 5) is 27.1. The standard InChI is InChI=1S/C20H28O6S2/c1-15(2)11-7-9-17(15,5)13(21)19(11)27(23,24)20(28(19,25)26)12-8-10-18(6,14(20)22)16(12,3)4/h11-12H,7-10H2,1-6H3/t11-,12-,17-,18-,19?,20?/m0/s1. The van der Waals surface area contributed by atoms with Crippen LogP contribution in [0.15, 0.2) is 0 Å². The van der Waals surface area contributed by atoms with Gasteiger partial charge in [-0.1, -0.05) is 41.5 Å². The summed E-state index contributed by atoms with van der Waals surface area (Å²) in [6.45, 7) is 10.6. The van der Waals surface area contributed by atoms with Crippen LogP contribution in [0.5, 0.6) is 0 Å². The van der Waals surface area contributed by atoms with Gasteiger partial charge in [-0.25, -0.2) is 16.8 Å². The molecule has 8 heteroatoms. The Kier molecular flexibility index (Phi) is 2.87. The maximum Gasteiger partial charge on any atom is 0.238 e. The number of hydrogen-bond acceptors (Lipinski definition) is 6. The van der Waals surface area contributed by atoms with Crippen molar-refractivity contribution >= 4 is 31.2 Å². The third-order valence-corrected chi connectivity index (χ3v) is 18.3. The number of carbonyl (C=O) groups excluding carboxylic acids is 2. The zero-order valence-electron chi connectivity index (χ0n) is 17.2. The van der Waals surface area contributed by atoms with Gasteiger partial charge in [0.1, 0.15) is 0 Å². The Hall–Kier alpha value is -0.760. The molecule has 156 valence electrons. The van der Waals surface area contributed by atoms with E-state index in [0.29, 0.717) is 25.7 Å². The van der Waals surface area contributed by atoms with Gasteiger partial charge < -0.3 is 0 Å². The van der Waals surface area contributed by atoms with E-state index in [2.05, 4.69) is 0 Å². The van der Waals surface area contributed by atoms with E-state index in [0.717, 1.165) is 0 Å². The van der Waals surface area contributed by atoms with Crippen LogP contribution >= 0.6 is 0 Å². The minimum atomic E-state index is -4.53. The summed E-state index contributed by atoms with van der Waals surface area (Å²) in [7, 11) is -9.07. The van der Waals surface area contributed by atoms with Crippen LogP contribution in [-0.2, 0) is 29.3 Å². The van der Waals surface area contributed by atoms with E-state index in [-0.39, 0.29) is 0 Å². The predicted molar refractivity (Wildman–Crippen MR) is 103 cm³/mol. The lowest BCUT2D eigenvalue weighted by Crippen LogP contribution is -2.83. The first-order chi connectivity index (χ1) is 12.5. The summed E-state index contributed by atoms with van der Waals surface area (Å²) in [5.74, 6) is -2.96. The highest BCUT2D eigenvalue weighted by Gasteiger charge is 3.00. The van der Waals surface area contributed by atoms with Crippen molar-refractivity contribution in [2.45, 2.75) is 75.4 Å². The molecule has 5 rings (SSSR count). The first-order valence-corrected chi connectivity index (χ1v) is 13.0. The summed E-state index contributed by atoms with van der Waals surface area (Å²) < 4.78 is 51.4. The maximum absolute atomic E-state index is 14.1. The first-order valence-electron chi connectivity index (χ1n) is 10.1. The highest BCUT2D eigenvalue weighted by Crippen LogP contribution is 2.82. The number of Topliss-reactive ketones (excluding diaryl/α,β-unsaturated/α-hetero) is 2. The molecule has 28 heavy (non-hydrogen) atoms. The van der Waals surface area contributed by atoms with Crippen molar-refractivity contribution in [3.8, 4) is 0 Å². The molecule has 0 amide bonds. The fourth-order valence-electron chi connectivity index (χ4n) is 8.17. The number of rotatable bonds is 0. The van der Waals surface area contributed by atoms with E-state index in [1.165, 1.54) is 0 Å². The van der Waals surface area contributed by atoms with Crippen molar-refractivity contribution in [2.24, 2.45) is 33.5 Å². The van der Waals surface area contributed by atoms with Crippen LogP contribution in [-0.4, -0.2) is 36.6 Å². The molecule has 5 fully saturated rings. The second-order valence-electron chi connectivity index (χ2n) is 11.3. The molecule has 0 aromatic carbocycles. The summed E-state index contributed by atoms with van der Waals surface area (Å²) >= 11 is 0. The number of carbonyl (C=O) groups is 2. The van der Waals surface area contributed by atoms with Crippen molar-refractivity contribution in [3.63, 3.8) is 0 Å². The van der Waals surface area contributed by atoms with Crippen molar-refractivity contribution in [1.29, 1.82) is 0 Å². The second kappa shape index (κ2) is 4.18.